The van der Waals surface area contributed by atoms with Crippen molar-refractivity contribution in [3.05, 3.63) is 54.4 Å². The molecule has 0 aliphatic carbocycles. The number of nitrogens with zero attached hydrogens (tertiary/aromatic N) is 2. The minimum absolute atomic E-state index is 0.0102. The summed E-state index contributed by atoms with van der Waals surface area (Å²) in [6, 6.07) is 12.2. The molecule has 7 heteroatoms. The Hall–Kier alpha value is -3.35. The third kappa shape index (κ3) is 4.00. The maximum Gasteiger partial charge on any atom is 0.255 e. The second kappa shape index (κ2) is 7.69. The Morgan fingerprint density at radius 1 is 1.15 bits per heavy atom. The average Bonchev–Trinajstić information content (AvgIpc) is 3.16. The SMILES string of the molecule is COc1cc(C(=O)Nc2cccc(-c3nnco3)c2)ccc1OC(C)C. The molecule has 26 heavy (non-hydrogen) atoms. The van der Waals surface area contributed by atoms with E-state index in [1.807, 2.05) is 19.9 Å². The monoisotopic (exact) mass is 353 g/mol. The zero-order valence-corrected chi connectivity index (χ0v) is 14.7. The third-order valence-electron chi connectivity index (χ3n) is 3.52. The van der Waals surface area contributed by atoms with E-state index < -0.39 is 0 Å². The number of ether oxygens (including phenoxy) is 2. The largest absolute Gasteiger partial charge is 0.493 e. The van der Waals surface area contributed by atoms with E-state index in [4.69, 9.17) is 13.9 Å². The van der Waals surface area contributed by atoms with Crippen LogP contribution in [0.5, 0.6) is 11.5 Å². The molecule has 0 aliphatic heterocycles. The molecule has 7 nitrogen and oxygen atoms in total. The van der Waals surface area contributed by atoms with Gasteiger partial charge in [0.05, 0.1) is 13.2 Å². The van der Waals surface area contributed by atoms with Crippen LogP contribution in [0.3, 0.4) is 0 Å². The second-order valence-corrected chi connectivity index (χ2v) is 5.81. The molecule has 1 amide bonds. The number of hydrogen-bond acceptors (Lipinski definition) is 6. The van der Waals surface area contributed by atoms with E-state index in [9.17, 15) is 4.79 Å². The molecular formula is C19H19N3O4. The van der Waals surface area contributed by atoms with E-state index >= 15 is 0 Å². The van der Waals surface area contributed by atoms with Crippen LogP contribution in [0.25, 0.3) is 11.5 Å². The average molecular weight is 353 g/mol. The second-order valence-electron chi connectivity index (χ2n) is 5.81. The van der Waals surface area contributed by atoms with E-state index in [2.05, 4.69) is 15.5 Å². The minimum atomic E-state index is -0.262. The van der Waals surface area contributed by atoms with Gasteiger partial charge in [0.2, 0.25) is 12.3 Å². The molecule has 0 bridgehead atoms. The van der Waals surface area contributed by atoms with Crippen LogP contribution < -0.4 is 14.8 Å². The van der Waals surface area contributed by atoms with E-state index in [1.165, 1.54) is 13.5 Å². The van der Waals surface area contributed by atoms with Crippen LogP contribution in [0.1, 0.15) is 24.2 Å². The molecule has 3 aromatic rings. The van der Waals surface area contributed by atoms with Gasteiger partial charge in [0.15, 0.2) is 11.5 Å². The van der Waals surface area contributed by atoms with Crippen molar-refractivity contribution in [1.29, 1.82) is 0 Å². The van der Waals surface area contributed by atoms with Gasteiger partial charge in [-0.25, -0.2) is 0 Å². The summed E-state index contributed by atoms with van der Waals surface area (Å²) in [6.07, 6.45) is 1.27. The van der Waals surface area contributed by atoms with Gasteiger partial charge >= 0.3 is 0 Å². The maximum atomic E-state index is 12.6. The summed E-state index contributed by atoms with van der Waals surface area (Å²) in [7, 11) is 1.54. The van der Waals surface area contributed by atoms with Crippen molar-refractivity contribution in [3.63, 3.8) is 0 Å². The first-order valence-electron chi connectivity index (χ1n) is 8.09. The summed E-state index contributed by atoms with van der Waals surface area (Å²) in [5, 5.41) is 10.4. The van der Waals surface area contributed by atoms with Gasteiger partial charge in [0.25, 0.3) is 5.91 Å². The van der Waals surface area contributed by atoms with Crippen molar-refractivity contribution >= 4 is 11.6 Å². The van der Waals surface area contributed by atoms with Gasteiger partial charge in [-0.15, -0.1) is 10.2 Å². The summed E-state index contributed by atoms with van der Waals surface area (Å²) in [6.45, 7) is 3.85. The van der Waals surface area contributed by atoms with Gasteiger partial charge in [0, 0.05) is 16.8 Å². The summed E-state index contributed by atoms with van der Waals surface area (Å²) in [5.74, 6) is 1.23. The fraction of sp³-hybridized carbons (Fsp3) is 0.211. The van der Waals surface area contributed by atoms with Crippen molar-refractivity contribution in [2.45, 2.75) is 20.0 Å². The van der Waals surface area contributed by atoms with Crippen LogP contribution in [0, 0.1) is 0 Å². The van der Waals surface area contributed by atoms with Gasteiger partial charge < -0.3 is 19.2 Å². The molecule has 3 rings (SSSR count). The Bertz CT molecular complexity index is 892. The lowest BCUT2D eigenvalue weighted by molar-refractivity contribution is 0.102. The number of anilines is 1. The van der Waals surface area contributed by atoms with Gasteiger partial charge in [-0.3, -0.25) is 4.79 Å². The Labute approximate surface area is 151 Å². The Kier molecular flexibility index (Phi) is 5.17. The van der Waals surface area contributed by atoms with Gasteiger partial charge in [-0.05, 0) is 50.2 Å². The molecule has 1 heterocycles. The molecule has 0 unspecified atom stereocenters. The highest BCUT2D eigenvalue weighted by Gasteiger charge is 2.13. The first-order valence-corrected chi connectivity index (χ1v) is 8.09. The molecule has 1 aromatic heterocycles. The molecule has 0 aliphatic rings. The van der Waals surface area contributed by atoms with Crippen LogP contribution in [-0.4, -0.2) is 29.3 Å². The van der Waals surface area contributed by atoms with E-state index in [1.54, 1.807) is 36.4 Å². The highest BCUT2D eigenvalue weighted by molar-refractivity contribution is 6.04. The number of methoxy groups -OCH3 is 1. The molecule has 134 valence electrons. The van der Waals surface area contributed by atoms with Crippen molar-refractivity contribution in [2.24, 2.45) is 0 Å². The first kappa shape index (κ1) is 17.5. The minimum Gasteiger partial charge on any atom is -0.493 e. The first-order chi connectivity index (χ1) is 12.6. The van der Waals surface area contributed by atoms with Gasteiger partial charge in [0.1, 0.15) is 0 Å². The number of hydrogen-bond donors (Lipinski definition) is 1. The normalized spacial score (nSPS) is 10.6. The van der Waals surface area contributed by atoms with E-state index in [0.29, 0.717) is 28.6 Å². The molecule has 2 aromatic carbocycles. The van der Waals surface area contributed by atoms with Crippen LogP contribution in [-0.2, 0) is 0 Å². The summed E-state index contributed by atoms with van der Waals surface area (Å²) in [5.41, 5.74) is 1.80. The molecule has 0 radical (unpaired) electrons. The summed E-state index contributed by atoms with van der Waals surface area (Å²) >= 11 is 0. The third-order valence-corrected chi connectivity index (χ3v) is 3.52. The number of rotatable bonds is 6. The van der Waals surface area contributed by atoms with Crippen molar-refractivity contribution in [1.82, 2.24) is 10.2 Å². The predicted octanol–water partition coefficient (Wildman–Crippen LogP) is 3.78. The Balaban J connectivity index is 1.79. The molecule has 1 N–H and O–H groups in total. The van der Waals surface area contributed by atoms with Crippen LogP contribution in [0.2, 0.25) is 0 Å². The molecular weight excluding hydrogens is 334 g/mol. The van der Waals surface area contributed by atoms with Crippen molar-refractivity contribution in [2.75, 3.05) is 12.4 Å². The van der Waals surface area contributed by atoms with Gasteiger partial charge in [-0.1, -0.05) is 6.07 Å². The number of carbonyl (C=O) groups excluding carboxylic acids is 1. The smallest absolute Gasteiger partial charge is 0.255 e. The van der Waals surface area contributed by atoms with Crippen molar-refractivity contribution < 1.29 is 18.7 Å². The Morgan fingerprint density at radius 3 is 2.69 bits per heavy atom. The molecule has 0 fully saturated rings. The summed E-state index contributed by atoms with van der Waals surface area (Å²) < 4.78 is 16.2. The highest BCUT2D eigenvalue weighted by Crippen LogP contribution is 2.29. The molecule has 0 atom stereocenters. The number of amides is 1. The zero-order valence-electron chi connectivity index (χ0n) is 14.7. The lowest BCUT2D eigenvalue weighted by atomic mass is 10.1. The number of aromatic nitrogens is 2. The fourth-order valence-electron chi connectivity index (χ4n) is 2.39. The van der Waals surface area contributed by atoms with Crippen LogP contribution in [0.15, 0.2) is 53.3 Å². The van der Waals surface area contributed by atoms with Crippen molar-refractivity contribution in [3.8, 4) is 23.0 Å². The molecule has 0 saturated carbocycles. The quantitative estimate of drug-likeness (QED) is 0.726. The van der Waals surface area contributed by atoms with Gasteiger partial charge in [-0.2, -0.15) is 0 Å². The maximum absolute atomic E-state index is 12.6. The predicted molar refractivity (Wildman–Crippen MR) is 96.4 cm³/mol. The molecule has 0 saturated heterocycles. The van der Waals surface area contributed by atoms with E-state index in [0.717, 1.165) is 5.56 Å². The Morgan fingerprint density at radius 2 is 2.00 bits per heavy atom. The van der Waals surface area contributed by atoms with E-state index in [-0.39, 0.29) is 12.0 Å². The number of nitrogens with one attached hydrogen (secondary N) is 1. The standard InChI is InChI=1S/C19H19N3O4/c1-12(2)26-16-8-7-13(10-17(16)24-3)18(23)21-15-6-4-5-14(9-15)19-22-20-11-25-19/h4-12H,1-3H3,(H,21,23). The lowest BCUT2D eigenvalue weighted by Gasteiger charge is -2.14. The topological polar surface area (TPSA) is 86.5 Å². The van der Waals surface area contributed by atoms with Crippen LogP contribution >= 0.6 is 0 Å². The molecule has 0 spiro atoms. The highest BCUT2D eigenvalue weighted by atomic mass is 16.5. The fourth-order valence-corrected chi connectivity index (χ4v) is 2.39. The lowest BCUT2D eigenvalue weighted by Crippen LogP contribution is -2.13. The number of carbonyl (C=O) groups is 1. The zero-order chi connectivity index (χ0) is 18.5. The van der Waals surface area contributed by atoms with Crippen LogP contribution in [0.4, 0.5) is 5.69 Å². The summed E-state index contributed by atoms with van der Waals surface area (Å²) in [4.78, 5) is 12.6. The number of benzene rings is 2.